The van der Waals surface area contributed by atoms with E-state index in [2.05, 4.69) is 9.97 Å². The van der Waals surface area contributed by atoms with Crippen LogP contribution in [0.2, 0.25) is 0 Å². The number of carbonyl (C=O) groups is 1. The fourth-order valence-corrected chi connectivity index (χ4v) is 2.14. The van der Waals surface area contributed by atoms with Crippen LogP contribution in [0.3, 0.4) is 0 Å². The van der Waals surface area contributed by atoms with Gasteiger partial charge in [-0.15, -0.1) is 11.3 Å². The van der Waals surface area contributed by atoms with Crippen LogP contribution < -0.4 is 0 Å². The second kappa shape index (κ2) is 3.34. The smallest absolute Gasteiger partial charge is 0.309 e. The van der Waals surface area contributed by atoms with Crippen LogP contribution in [0.1, 0.15) is 10.7 Å². The minimum absolute atomic E-state index is 0.0689. The van der Waals surface area contributed by atoms with E-state index in [9.17, 15) is 4.79 Å². The summed E-state index contributed by atoms with van der Waals surface area (Å²) in [6, 6.07) is 1.85. The lowest BCUT2D eigenvalue weighted by Crippen LogP contribution is -2.02. The molecule has 0 spiro atoms. The molecule has 0 aliphatic heterocycles. The normalized spacial score (nSPS) is 10.6. The minimum Gasteiger partial charge on any atom is -0.481 e. The molecule has 2 aromatic rings. The van der Waals surface area contributed by atoms with E-state index in [4.69, 9.17) is 5.11 Å². The second-order valence-corrected chi connectivity index (χ2v) is 4.14. The lowest BCUT2D eigenvalue weighted by molar-refractivity contribution is -0.136. The molecule has 0 aliphatic rings. The summed E-state index contributed by atoms with van der Waals surface area (Å²) in [6.07, 6.45) is 1.55. The standard InChI is InChI=1S/C9H8N2O2S/c1-5-11-9-6(4-8(12)13)10-3-2-7(9)14-5/h2-3H,4H2,1H3,(H,12,13). The van der Waals surface area contributed by atoms with Gasteiger partial charge in [0.15, 0.2) is 0 Å². The summed E-state index contributed by atoms with van der Waals surface area (Å²) in [5.41, 5.74) is 1.26. The third kappa shape index (κ3) is 1.58. The number of nitrogens with zero attached hydrogens (tertiary/aromatic N) is 2. The molecule has 0 fully saturated rings. The average Bonchev–Trinajstić information content (AvgIpc) is 2.45. The number of aryl methyl sites for hydroxylation is 1. The van der Waals surface area contributed by atoms with Gasteiger partial charge in [-0.05, 0) is 13.0 Å². The Morgan fingerprint density at radius 3 is 3.14 bits per heavy atom. The van der Waals surface area contributed by atoms with Gasteiger partial charge in [0.25, 0.3) is 0 Å². The van der Waals surface area contributed by atoms with Crippen molar-refractivity contribution in [2.45, 2.75) is 13.3 Å². The summed E-state index contributed by atoms with van der Waals surface area (Å²) in [5.74, 6) is -0.879. The zero-order valence-electron chi connectivity index (χ0n) is 7.52. The van der Waals surface area contributed by atoms with Gasteiger partial charge in [-0.2, -0.15) is 0 Å². The molecule has 5 heteroatoms. The van der Waals surface area contributed by atoms with Gasteiger partial charge in [0.1, 0.15) is 5.52 Å². The summed E-state index contributed by atoms with van der Waals surface area (Å²) in [5, 5.41) is 9.60. The fourth-order valence-electron chi connectivity index (χ4n) is 1.29. The molecule has 2 heterocycles. The maximum absolute atomic E-state index is 10.6. The number of fused-ring (bicyclic) bond motifs is 1. The van der Waals surface area contributed by atoms with Gasteiger partial charge < -0.3 is 5.11 Å². The molecule has 0 amide bonds. The van der Waals surface area contributed by atoms with Crippen molar-refractivity contribution >= 4 is 27.5 Å². The van der Waals surface area contributed by atoms with Gasteiger partial charge in [0.2, 0.25) is 0 Å². The molecule has 14 heavy (non-hydrogen) atoms. The number of rotatable bonds is 2. The summed E-state index contributed by atoms with van der Waals surface area (Å²) >= 11 is 1.55. The number of carboxylic acid groups (broad SMARTS) is 1. The lowest BCUT2D eigenvalue weighted by atomic mass is 10.2. The van der Waals surface area contributed by atoms with Crippen molar-refractivity contribution in [3.8, 4) is 0 Å². The Hall–Kier alpha value is -1.49. The number of aliphatic carboxylic acids is 1. The predicted molar refractivity (Wildman–Crippen MR) is 53.5 cm³/mol. The van der Waals surface area contributed by atoms with E-state index in [-0.39, 0.29) is 6.42 Å². The molecule has 4 nitrogen and oxygen atoms in total. The van der Waals surface area contributed by atoms with Crippen molar-refractivity contribution in [3.05, 3.63) is 23.0 Å². The van der Waals surface area contributed by atoms with E-state index in [1.54, 1.807) is 17.5 Å². The summed E-state index contributed by atoms with van der Waals surface area (Å²) < 4.78 is 0.994. The molecule has 0 radical (unpaired) electrons. The highest BCUT2D eigenvalue weighted by atomic mass is 32.1. The van der Waals surface area contributed by atoms with Crippen molar-refractivity contribution in [1.29, 1.82) is 0 Å². The van der Waals surface area contributed by atoms with E-state index in [0.717, 1.165) is 15.2 Å². The van der Waals surface area contributed by atoms with Crippen LogP contribution in [-0.4, -0.2) is 21.0 Å². The van der Waals surface area contributed by atoms with Crippen molar-refractivity contribution in [2.75, 3.05) is 0 Å². The number of aromatic nitrogens is 2. The van der Waals surface area contributed by atoms with Crippen LogP contribution in [0.4, 0.5) is 0 Å². The Bertz CT molecular complexity index is 493. The maximum Gasteiger partial charge on any atom is 0.309 e. The number of hydrogen-bond donors (Lipinski definition) is 1. The zero-order chi connectivity index (χ0) is 10.1. The van der Waals surface area contributed by atoms with Crippen LogP contribution in [0.25, 0.3) is 10.2 Å². The van der Waals surface area contributed by atoms with Crippen LogP contribution in [0.5, 0.6) is 0 Å². The van der Waals surface area contributed by atoms with E-state index in [0.29, 0.717) is 5.69 Å². The van der Waals surface area contributed by atoms with Crippen LogP contribution in [-0.2, 0) is 11.2 Å². The first kappa shape index (κ1) is 9.08. The number of hydrogen-bond acceptors (Lipinski definition) is 4. The Kier molecular flexibility index (Phi) is 2.17. The molecule has 1 N–H and O–H groups in total. The van der Waals surface area contributed by atoms with Gasteiger partial charge in [-0.1, -0.05) is 0 Å². The third-order valence-electron chi connectivity index (χ3n) is 1.81. The molecule has 2 rings (SSSR count). The zero-order valence-corrected chi connectivity index (χ0v) is 8.34. The molecular weight excluding hydrogens is 200 g/mol. The highest BCUT2D eigenvalue weighted by Crippen LogP contribution is 2.23. The highest BCUT2D eigenvalue weighted by molar-refractivity contribution is 7.18. The lowest BCUT2D eigenvalue weighted by Gasteiger charge is -1.95. The third-order valence-corrected chi connectivity index (χ3v) is 2.74. The molecule has 72 valence electrons. The van der Waals surface area contributed by atoms with Gasteiger partial charge in [-0.3, -0.25) is 9.78 Å². The second-order valence-electron chi connectivity index (χ2n) is 2.91. The number of carboxylic acids is 1. The fraction of sp³-hybridized carbons (Fsp3) is 0.222. The first-order chi connectivity index (χ1) is 6.66. The van der Waals surface area contributed by atoms with Crippen LogP contribution >= 0.6 is 11.3 Å². The molecule has 0 saturated carbocycles. The summed E-state index contributed by atoms with van der Waals surface area (Å²) in [6.45, 7) is 1.90. The molecule has 0 aliphatic carbocycles. The molecule has 0 saturated heterocycles. The van der Waals surface area contributed by atoms with E-state index >= 15 is 0 Å². The predicted octanol–water partition coefficient (Wildman–Crippen LogP) is 1.63. The SMILES string of the molecule is Cc1nc2c(CC(=O)O)nccc2s1. The molecular formula is C9H8N2O2S. The van der Waals surface area contributed by atoms with E-state index in [1.807, 2.05) is 13.0 Å². The van der Waals surface area contributed by atoms with Crippen LogP contribution in [0, 0.1) is 6.92 Å². The molecule has 0 bridgehead atoms. The Morgan fingerprint density at radius 2 is 2.43 bits per heavy atom. The van der Waals surface area contributed by atoms with Crippen molar-refractivity contribution in [2.24, 2.45) is 0 Å². The molecule has 0 unspecified atom stereocenters. The first-order valence-corrected chi connectivity index (χ1v) is 4.91. The largest absolute Gasteiger partial charge is 0.481 e. The Morgan fingerprint density at radius 1 is 1.64 bits per heavy atom. The molecule has 2 aromatic heterocycles. The van der Waals surface area contributed by atoms with Gasteiger partial charge in [-0.25, -0.2) is 4.98 Å². The minimum atomic E-state index is -0.879. The Balaban J connectivity index is 2.58. The van der Waals surface area contributed by atoms with E-state index < -0.39 is 5.97 Å². The van der Waals surface area contributed by atoms with E-state index in [1.165, 1.54) is 0 Å². The topological polar surface area (TPSA) is 63.1 Å². The first-order valence-electron chi connectivity index (χ1n) is 4.09. The van der Waals surface area contributed by atoms with Crippen LogP contribution in [0.15, 0.2) is 12.3 Å². The summed E-state index contributed by atoms with van der Waals surface area (Å²) in [7, 11) is 0. The monoisotopic (exact) mass is 208 g/mol. The quantitative estimate of drug-likeness (QED) is 0.814. The average molecular weight is 208 g/mol. The Labute approximate surface area is 84.2 Å². The van der Waals surface area contributed by atoms with Gasteiger partial charge >= 0.3 is 5.97 Å². The van der Waals surface area contributed by atoms with Crippen molar-refractivity contribution in [3.63, 3.8) is 0 Å². The molecule has 0 atom stereocenters. The molecule has 0 aromatic carbocycles. The summed E-state index contributed by atoms with van der Waals surface area (Å²) in [4.78, 5) is 18.8. The number of thiazole rings is 1. The highest BCUT2D eigenvalue weighted by Gasteiger charge is 2.09. The van der Waals surface area contributed by atoms with Crippen molar-refractivity contribution in [1.82, 2.24) is 9.97 Å². The van der Waals surface area contributed by atoms with Gasteiger partial charge in [0, 0.05) is 6.20 Å². The van der Waals surface area contributed by atoms with Gasteiger partial charge in [0.05, 0.1) is 21.8 Å². The van der Waals surface area contributed by atoms with Crippen molar-refractivity contribution < 1.29 is 9.90 Å². The maximum atomic E-state index is 10.6. The number of pyridine rings is 1.